The molecular formula is C13H18FN3. The van der Waals surface area contributed by atoms with Crippen LogP contribution in [0.15, 0.2) is 18.2 Å². The van der Waals surface area contributed by atoms with E-state index in [0.717, 1.165) is 17.9 Å². The monoisotopic (exact) mass is 235 g/mol. The highest BCUT2D eigenvalue weighted by molar-refractivity contribution is 5.76. The molecule has 0 unspecified atom stereocenters. The van der Waals surface area contributed by atoms with E-state index in [1.807, 2.05) is 31.4 Å². The first-order valence-corrected chi connectivity index (χ1v) is 5.85. The fraction of sp³-hybridized carbons (Fsp3) is 0.462. The molecule has 0 radical (unpaired) electrons. The molecule has 0 saturated heterocycles. The maximum Gasteiger partial charge on any atom is 0.151 e. The summed E-state index contributed by atoms with van der Waals surface area (Å²) in [4.78, 5) is 4.38. The number of nitrogens with two attached hydrogens (primary N) is 1. The molecule has 0 fully saturated rings. The summed E-state index contributed by atoms with van der Waals surface area (Å²) in [6.07, 6.45) is 0.634. The number of imidazole rings is 1. The summed E-state index contributed by atoms with van der Waals surface area (Å²) < 4.78 is 15.7. The molecule has 0 atom stereocenters. The van der Waals surface area contributed by atoms with Gasteiger partial charge in [0.15, 0.2) is 5.82 Å². The summed E-state index contributed by atoms with van der Waals surface area (Å²) in [6.45, 7) is 6.69. The Labute approximate surface area is 100 Å². The number of halogens is 1. The molecule has 0 amide bonds. The Morgan fingerprint density at radius 2 is 2.12 bits per heavy atom. The van der Waals surface area contributed by atoms with Gasteiger partial charge < -0.3 is 10.3 Å². The number of para-hydroxylation sites is 1. The van der Waals surface area contributed by atoms with Crippen molar-refractivity contribution in [2.75, 3.05) is 0 Å². The first-order valence-electron chi connectivity index (χ1n) is 5.85. The normalized spacial score (nSPS) is 12.3. The van der Waals surface area contributed by atoms with E-state index < -0.39 is 0 Å². The second-order valence-electron chi connectivity index (χ2n) is 5.05. The third-order valence-corrected chi connectivity index (χ3v) is 2.74. The van der Waals surface area contributed by atoms with Gasteiger partial charge in [0.25, 0.3) is 0 Å². The van der Waals surface area contributed by atoms with Gasteiger partial charge in [0, 0.05) is 18.5 Å². The number of fused-ring (bicyclic) bond motifs is 1. The van der Waals surface area contributed by atoms with Crippen LogP contribution in [-0.2, 0) is 13.0 Å². The zero-order valence-electron chi connectivity index (χ0n) is 10.5. The molecule has 1 aromatic carbocycles. The lowest BCUT2D eigenvalue weighted by Crippen LogP contribution is -2.35. The molecule has 0 spiro atoms. The van der Waals surface area contributed by atoms with E-state index in [2.05, 4.69) is 4.98 Å². The maximum absolute atomic E-state index is 13.6. The van der Waals surface area contributed by atoms with Crippen LogP contribution in [0.3, 0.4) is 0 Å². The van der Waals surface area contributed by atoms with Gasteiger partial charge in [-0.3, -0.25) is 0 Å². The summed E-state index contributed by atoms with van der Waals surface area (Å²) in [5.74, 6) is 0.575. The quantitative estimate of drug-likeness (QED) is 0.888. The van der Waals surface area contributed by atoms with E-state index in [4.69, 9.17) is 5.73 Å². The van der Waals surface area contributed by atoms with Gasteiger partial charge in [0.2, 0.25) is 0 Å². The second-order valence-corrected chi connectivity index (χ2v) is 5.05. The molecule has 2 aromatic rings. The standard InChI is InChI=1S/C13H18FN3/c1-4-17-10-7-5-6-9(14)12(10)16-11(17)8-13(2,3)15/h5-7H,4,8,15H2,1-3H3. The van der Waals surface area contributed by atoms with Crippen LogP contribution in [0.25, 0.3) is 11.0 Å². The van der Waals surface area contributed by atoms with E-state index in [1.165, 1.54) is 6.07 Å². The lowest BCUT2D eigenvalue weighted by atomic mass is 10.0. The Bertz CT molecular complexity index is 537. The summed E-state index contributed by atoms with van der Waals surface area (Å²) in [5, 5.41) is 0. The number of aromatic nitrogens is 2. The van der Waals surface area contributed by atoms with Crippen molar-refractivity contribution in [3.8, 4) is 0 Å². The zero-order valence-corrected chi connectivity index (χ0v) is 10.5. The van der Waals surface area contributed by atoms with Crippen molar-refractivity contribution in [2.24, 2.45) is 5.73 Å². The summed E-state index contributed by atoms with van der Waals surface area (Å²) in [6, 6.07) is 5.04. The number of hydrogen-bond donors (Lipinski definition) is 1. The largest absolute Gasteiger partial charge is 0.328 e. The van der Waals surface area contributed by atoms with Gasteiger partial charge in [-0.05, 0) is 32.9 Å². The summed E-state index contributed by atoms with van der Waals surface area (Å²) in [5.41, 5.74) is 6.94. The Morgan fingerprint density at radius 1 is 1.41 bits per heavy atom. The predicted molar refractivity (Wildman–Crippen MR) is 67.3 cm³/mol. The van der Waals surface area contributed by atoms with Crippen molar-refractivity contribution in [3.63, 3.8) is 0 Å². The molecule has 2 rings (SSSR count). The SMILES string of the molecule is CCn1c(CC(C)(C)N)nc2c(F)cccc21. The number of rotatable bonds is 3. The third kappa shape index (κ3) is 2.31. The Hall–Kier alpha value is -1.42. The van der Waals surface area contributed by atoms with Crippen LogP contribution < -0.4 is 5.73 Å². The minimum atomic E-state index is -0.342. The molecule has 1 aromatic heterocycles. The number of aryl methyl sites for hydroxylation is 1. The molecule has 0 aliphatic heterocycles. The number of nitrogens with zero attached hydrogens (tertiary/aromatic N) is 2. The summed E-state index contributed by atoms with van der Waals surface area (Å²) >= 11 is 0. The van der Waals surface area contributed by atoms with Crippen LogP contribution in [0, 0.1) is 5.82 Å². The first kappa shape index (κ1) is 12.0. The fourth-order valence-corrected chi connectivity index (χ4v) is 2.06. The number of benzene rings is 1. The van der Waals surface area contributed by atoms with E-state index in [9.17, 15) is 4.39 Å². The molecular weight excluding hydrogens is 217 g/mol. The van der Waals surface area contributed by atoms with E-state index >= 15 is 0 Å². The van der Waals surface area contributed by atoms with Crippen LogP contribution in [0.1, 0.15) is 26.6 Å². The van der Waals surface area contributed by atoms with Crippen LogP contribution in [0.5, 0.6) is 0 Å². The van der Waals surface area contributed by atoms with E-state index in [-0.39, 0.29) is 11.4 Å². The average molecular weight is 235 g/mol. The van der Waals surface area contributed by atoms with Crippen molar-refractivity contribution in [2.45, 2.75) is 39.3 Å². The van der Waals surface area contributed by atoms with Crippen molar-refractivity contribution in [1.29, 1.82) is 0 Å². The van der Waals surface area contributed by atoms with Crippen molar-refractivity contribution in [1.82, 2.24) is 9.55 Å². The summed E-state index contributed by atoms with van der Waals surface area (Å²) in [7, 11) is 0. The van der Waals surface area contributed by atoms with Gasteiger partial charge in [-0.15, -0.1) is 0 Å². The van der Waals surface area contributed by atoms with Crippen LogP contribution in [-0.4, -0.2) is 15.1 Å². The van der Waals surface area contributed by atoms with Crippen molar-refractivity contribution in [3.05, 3.63) is 29.8 Å². The van der Waals surface area contributed by atoms with Crippen molar-refractivity contribution >= 4 is 11.0 Å². The third-order valence-electron chi connectivity index (χ3n) is 2.74. The average Bonchev–Trinajstić information content (AvgIpc) is 2.54. The highest BCUT2D eigenvalue weighted by atomic mass is 19.1. The molecule has 17 heavy (non-hydrogen) atoms. The molecule has 92 valence electrons. The lowest BCUT2D eigenvalue weighted by molar-refractivity contribution is 0.490. The molecule has 0 aliphatic carbocycles. The van der Waals surface area contributed by atoms with Crippen LogP contribution >= 0.6 is 0 Å². The Balaban J connectivity index is 2.60. The Kier molecular flexibility index (Phi) is 2.91. The van der Waals surface area contributed by atoms with Gasteiger partial charge in [-0.2, -0.15) is 0 Å². The molecule has 4 heteroatoms. The minimum absolute atomic E-state index is 0.272. The first-order chi connectivity index (χ1) is 7.92. The number of hydrogen-bond acceptors (Lipinski definition) is 2. The van der Waals surface area contributed by atoms with E-state index in [1.54, 1.807) is 6.07 Å². The van der Waals surface area contributed by atoms with Gasteiger partial charge in [-0.1, -0.05) is 6.07 Å². The molecule has 0 aliphatic rings. The van der Waals surface area contributed by atoms with Gasteiger partial charge >= 0.3 is 0 Å². The highest BCUT2D eigenvalue weighted by Gasteiger charge is 2.18. The molecule has 0 saturated carbocycles. The smallest absolute Gasteiger partial charge is 0.151 e. The molecule has 0 bridgehead atoms. The van der Waals surface area contributed by atoms with Crippen LogP contribution in [0.2, 0.25) is 0 Å². The maximum atomic E-state index is 13.6. The van der Waals surface area contributed by atoms with Gasteiger partial charge in [0.05, 0.1) is 5.52 Å². The molecule has 2 N–H and O–H groups in total. The minimum Gasteiger partial charge on any atom is -0.328 e. The molecule has 3 nitrogen and oxygen atoms in total. The highest BCUT2D eigenvalue weighted by Crippen LogP contribution is 2.21. The Morgan fingerprint density at radius 3 is 2.71 bits per heavy atom. The van der Waals surface area contributed by atoms with Gasteiger partial charge in [0.1, 0.15) is 11.3 Å². The van der Waals surface area contributed by atoms with Gasteiger partial charge in [-0.25, -0.2) is 9.37 Å². The molecule has 1 heterocycles. The van der Waals surface area contributed by atoms with E-state index in [0.29, 0.717) is 11.9 Å². The lowest BCUT2D eigenvalue weighted by Gasteiger charge is -2.18. The second kappa shape index (κ2) is 4.11. The predicted octanol–water partition coefficient (Wildman–Crippen LogP) is 2.48. The zero-order chi connectivity index (χ0) is 12.6. The van der Waals surface area contributed by atoms with Crippen molar-refractivity contribution < 1.29 is 4.39 Å². The van der Waals surface area contributed by atoms with Crippen LogP contribution in [0.4, 0.5) is 4.39 Å². The fourth-order valence-electron chi connectivity index (χ4n) is 2.06. The topological polar surface area (TPSA) is 43.8 Å².